The Bertz CT molecular complexity index is 974. The number of carbonyl (C=O) groups is 2. The molecule has 6 heteroatoms. The van der Waals surface area contributed by atoms with Crippen LogP contribution in [0.25, 0.3) is 0 Å². The molecule has 3 heterocycles. The van der Waals surface area contributed by atoms with E-state index in [2.05, 4.69) is 41.2 Å². The van der Waals surface area contributed by atoms with Crippen molar-refractivity contribution in [3.8, 4) is 0 Å². The molecule has 0 bridgehead atoms. The van der Waals surface area contributed by atoms with Crippen molar-refractivity contribution in [1.29, 1.82) is 0 Å². The molecular weight excluding hydrogens is 374 g/mol. The number of hydrazine groups is 1. The molecule has 3 saturated heterocycles. The SMILES string of the molecule is Cc1ccc([C@H]2[C@H]3C(=O)N(c4ccc(C)c(Cl)c4)C(=O)[C@@H]3N3CCCN23)cc1. The molecule has 0 radical (unpaired) electrons. The van der Waals surface area contributed by atoms with E-state index in [1.54, 1.807) is 12.1 Å². The minimum absolute atomic E-state index is 0.101. The average molecular weight is 396 g/mol. The third-order valence-corrected chi connectivity index (χ3v) is 6.65. The largest absolute Gasteiger partial charge is 0.274 e. The number of aryl methyl sites for hydroxylation is 2. The summed E-state index contributed by atoms with van der Waals surface area (Å²) in [5, 5.41) is 4.91. The van der Waals surface area contributed by atoms with Crippen LogP contribution in [0.4, 0.5) is 5.69 Å². The Morgan fingerprint density at radius 2 is 1.57 bits per heavy atom. The Balaban J connectivity index is 1.58. The van der Waals surface area contributed by atoms with Crippen molar-refractivity contribution in [2.45, 2.75) is 32.4 Å². The second-order valence-corrected chi connectivity index (χ2v) is 8.36. The van der Waals surface area contributed by atoms with E-state index >= 15 is 0 Å². The molecule has 0 aliphatic carbocycles. The average Bonchev–Trinajstić information content (AvgIpc) is 3.31. The molecule has 0 aromatic heterocycles. The predicted octanol–water partition coefficient (Wildman–Crippen LogP) is 3.49. The highest BCUT2D eigenvalue weighted by molar-refractivity contribution is 6.32. The quantitative estimate of drug-likeness (QED) is 0.730. The van der Waals surface area contributed by atoms with Crippen molar-refractivity contribution in [3.63, 3.8) is 0 Å². The maximum atomic E-state index is 13.5. The zero-order valence-electron chi connectivity index (χ0n) is 15.9. The van der Waals surface area contributed by atoms with Crippen LogP contribution in [0.3, 0.4) is 0 Å². The van der Waals surface area contributed by atoms with Gasteiger partial charge in [0.15, 0.2) is 0 Å². The molecule has 0 unspecified atom stereocenters. The van der Waals surface area contributed by atoms with Gasteiger partial charge in [0.1, 0.15) is 6.04 Å². The van der Waals surface area contributed by atoms with Crippen molar-refractivity contribution in [3.05, 3.63) is 64.2 Å². The summed E-state index contributed by atoms with van der Waals surface area (Å²) in [5.74, 6) is -0.665. The second kappa shape index (κ2) is 6.41. The van der Waals surface area contributed by atoms with E-state index in [0.717, 1.165) is 30.6 Å². The summed E-state index contributed by atoms with van der Waals surface area (Å²) in [6, 6.07) is 13.2. The highest BCUT2D eigenvalue weighted by Gasteiger charge is 2.62. The van der Waals surface area contributed by atoms with Gasteiger partial charge in [-0.25, -0.2) is 14.9 Å². The van der Waals surface area contributed by atoms with E-state index in [1.807, 2.05) is 13.0 Å². The second-order valence-electron chi connectivity index (χ2n) is 7.95. The maximum Gasteiger partial charge on any atom is 0.253 e. The topological polar surface area (TPSA) is 43.9 Å². The van der Waals surface area contributed by atoms with Crippen molar-refractivity contribution < 1.29 is 9.59 Å². The molecule has 2 aromatic carbocycles. The summed E-state index contributed by atoms with van der Waals surface area (Å²) in [7, 11) is 0. The lowest BCUT2D eigenvalue weighted by Crippen LogP contribution is -2.44. The van der Waals surface area contributed by atoms with Crippen molar-refractivity contribution in [1.82, 2.24) is 10.0 Å². The van der Waals surface area contributed by atoms with E-state index < -0.39 is 12.0 Å². The standard InChI is InChI=1S/C22H22ClN3O2/c1-13-4-7-15(8-5-13)19-18-20(25-11-3-10-24(19)25)22(28)26(21(18)27)16-9-6-14(2)17(23)12-16/h4-9,12,18-20H,3,10-11H2,1-2H3/t18-,19+,20-/m1/s1. The minimum atomic E-state index is -0.429. The fourth-order valence-corrected chi connectivity index (χ4v) is 5.03. The molecule has 3 atom stereocenters. The fourth-order valence-electron chi connectivity index (χ4n) is 4.85. The fraction of sp³-hybridized carbons (Fsp3) is 0.364. The molecule has 3 aliphatic heterocycles. The first-order valence-electron chi connectivity index (χ1n) is 9.71. The van der Waals surface area contributed by atoms with Gasteiger partial charge in [-0.2, -0.15) is 0 Å². The number of imide groups is 1. The molecule has 2 amide bonds. The van der Waals surface area contributed by atoms with Crippen molar-refractivity contribution >= 4 is 29.1 Å². The van der Waals surface area contributed by atoms with Gasteiger partial charge in [-0.15, -0.1) is 0 Å². The number of amides is 2. The molecule has 3 aliphatic rings. The first kappa shape index (κ1) is 17.9. The van der Waals surface area contributed by atoms with E-state index in [0.29, 0.717) is 10.7 Å². The zero-order valence-corrected chi connectivity index (χ0v) is 16.7. The van der Waals surface area contributed by atoms with Crippen LogP contribution in [-0.4, -0.2) is 41.0 Å². The molecule has 0 spiro atoms. The smallest absolute Gasteiger partial charge is 0.253 e. The number of fused-ring (bicyclic) bond motifs is 3. The van der Waals surface area contributed by atoms with E-state index in [1.165, 1.54) is 10.5 Å². The van der Waals surface area contributed by atoms with Gasteiger partial charge in [-0.3, -0.25) is 9.59 Å². The minimum Gasteiger partial charge on any atom is -0.274 e. The van der Waals surface area contributed by atoms with Gasteiger partial charge in [0, 0.05) is 18.1 Å². The van der Waals surface area contributed by atoms with Crippen molar-refractivity contribution in [2.24, 2.45) is 5.92 Å². The summed E-state index contributed by atoms with van der Waals surface area (Å²) >= 11 is 6.27. The van der Waals surface area contributed by atoms with Gasteiger partial charge in [0.2, 0.25) is 5.91 Å². The molecule has 5 nitrogen and oxygen atoms in total. The zero-order chi connectivity index (χ0) is 19.6. The highest BCUT2D eigenvalue weighted by atomic mass is 35.5. The van der Waals surface area contributed by atoms with Crippen LogP contribution in [0, 0.1) is 19.8 Å². The Hall–Kier alpha value is -2.21. The Morgan fingerprint density at radius 1 is 0.893 bits per heavy atom. The predicted molar refractivity (Wildman–Crippen MR) is 108 cm³/mol. The molecule has 28 heavy (non-hydrogen) atoms. The normalized spacial score (nSPS) is 27.5. The molecule has 0 saturated carbocycles. The summed E-state index contributed by atoms with van der Waals surface area (Å²) in [4.78, 5) is 28.2. The van der Waals surface area contributed by atoms with Crippen LogP contribution in [0.2, 0.25) is 5.02 Å². The molecular formula is C22H22ClN3O2. The first-order valence-corrected chi connectivity index (χ1v) is 10.1. The molecule has 0 N–H and O–H groups in total. The lowest BCUT2D eigenvalue weighted by atomic mass is 9.89. The number of nitrogens with zero attached hydrogens (tertiary/aromatic N) is 3. The third-order valence-electron chi connectivity index (χ3n) is 6.24. The van der Waals surface area contributed by atoms with Crippen LogP contribution < -0.4 is 4.90 Å². The Kier molecular flexibility index (Phi) is 4.09. The number of hydrogen-bond acceptors (Lipinski definition) is 4. The van der Waals surface area contributed by atoms with E-state index in [4.69, 9.17) is 11.6 Å². The summed E-state index contributed by atoms with van der Waals surface area (Å²) in [5.41, 5.74) is 3.76. The van der Waals surface area contributed by atoms with Gasteiger partial charge in [0.25, 0.3) is 5.91 Å². The monoisotopic (exact) mass is 395 g/mol. The number of benzene rings is 2. The Labute approximate surface area is 169 Å². The summed E-state index contributed by atoms with van der Waals surface area (Å²) < 4.78 is 0. The lowest BCUT2D eigenvalue weighted by Gasteiger charge is -2.30. The number of hydrogen-bond donors (Lipinski definition) is 0. The van der Waals surface area contributed by atoms with Crippen LogP contribution in [-0.2, 0) is 9.59 Å². The van der Waals surface area contributed by atoms with Gasteiger partial charge in [0.05, 0.1) is 17.6 Å². The molecule has 2 aromatic rings. The van der Waals surface area contributed by atoms with Gasteiger partial charge in [-0.1, -0.05) is 47.5 Å². The van der Waals surface area contributed by atoms with Crippen LogP contribution in [0.15, 0.2) is 42.5 Å². The number of anilines is 1. The number of carbonyl (C=O) groups excluding carboxylic acids is 2. The van der Waals surface area contributed by atoms with Gasteiger partial charge >= 0.3 is 0 Å². The van der Waals surface area contributed by atoms with E-state index in [9.17, 15) is 9.59 Å². The highest BCUT2D eigenvalue weighted by Crippen LogP contribution is 2.49. The van der Waals surface area contributed by atoms with Crippen LogP contribution in [0.5, 0.6) is 0 Å². The number of halogens is 1. The summed E-state index contributed by atoms with van der Waals surface area (Å²) in [6.07, 6.45) is 1.00. The molecule has 5 rings (SSSR count). The van der Waals surface area contributed by atoms with Crippen molar-refractivity contribution in [2.75, 3.05) is 18.0 Å². The van der Waals surface area contributed by atoms with Crippen LogP contribution >= 0.6 is 11.6 Å². The molecule has 3 fully saturated rings. The van der Waals surface area contributed by atoms with Crippen LogP contribution in [0.1, 0.15) is 29.2 Å². The Morgan fingerprint density at radius 3 is 2.25 bits per heavy atom. The number of rotatable bonds is 2. The molecule has 144 valence electrons. The first-order chi connectivity index (χ1) is 13.5. The van der Waals surface area contributed by atoms with Gasteiger partial charge < -0.3 is 0 Å². The third kappa shape index (κ3) is 2.47. The van der Waals surface area contributed by atoms with Gasteiger partial charge in [-0.05, 0) is 43.5 Å². The maximum absolute atomic E-state index is 13.5. The van der Waals surface area contributed by atoms with E-state index in [-0.39, 0.29) is 17.9 Å². The summed E-state index contributed by atoms with van der Waals surface area (Å²) in [6.45, 7) is 5.65. The lowest BCUT2D eigenvalue weighted by molar-refractivity contribution is -0.126.